The third-order valence-corrected chi connectivity index (χ3v) is 4.52. The maximum absolute atomic E-state index is 6.30. The van der Waals surface area contributed by atoms with E-state index in [1.54, 1.807) is 6.20 Å². The normalized spacial score (nSPS) is 17.4. The van der Waals surface area contributed by atoms with Crippen LogP contribution in [0.25, 0.3) is 0 Å². The van der Waals surface area contributed by atoms with Gasteiger partial charge in [0.25, 0.3) is 0 Å². The highest BCUT2D eigenvalue weighted by atomic mass is 79.9. The van der Waals surface area contributed by atoms with Gasteiger partial charge in [0, 0.05) is 27.4 Å². The smallest absolute Gasteiger partial charge is 0.0792 e. The number of alkyl halides is 1. The number of benzene rings is 2. The Labute approximate surface area is 136 Å². The number of hydrogen-bond donors (Lipinski definition) is 0. The molecule has 20 heavy (non-hydrogen) atoms. The maximum atomic E-state index is 6.30. The van der Waals surface area contributed by atoms with Gasteiger partial charge in [0.1, 0.15) is 0 Å². The van der Waals surface area contributed by atoms with Crippen LogP contribution in [-0.2, 0) is 0 Å². The standard InChI is InChI=1S/C16H10BrCl2N/c17-14-7-8-20-16(12-3-1-2-4-15(12)19)13-9-10(18)5-6-11(13)14/h1-9,14H. The van der Waals surface area contributed by atoms with Crippen LogP contribution in [0.1, 0.15) is 21.5 Å². The van der Waals surface area contributed by atoms with Gasteiger partial charge in [-0.1, -0.05) is 63.4 Å². The number of aliphatic imine (C=N–C) groups is 1. The van der Waals surface area contributed by atoms with E-state index in [4.69, 9.17) is 23.2 Å². The Kier molecular flexibility index (Phi) is 3.97. The lowest BCUT2D eigenvalue weighted by Crippen LogP contribution is -2.07. The lowest BCUT2D eigenvalue weighted by Gasteiger charge is -2.13. The fraction of sp³-hybridized carbons (Fsp3) is 0.0625. The molecule has 1 aliphatic heterocycles. The van der Waals surface area contributed by atoms with Gasteiger partial charge in [-0.2, -0.15) is 0 Å². The summed E-state index contributed by atoms with van der Waals surface area (Å²) in [6.07, 6.45) is 3.79. The molecule has 1 heterocycles. The van der Waals surface area contributed by atoms with Crippen LogP contribution in [0.15, 0.2) is 59.7 Å². The number of halogens is 3. The van der Waals surface area contributed by atoms with Crippen molar-refractivity contribution in [2.45, 2.75) is 4.83 Å². The highest BCUT2D eigenvalue weighted by molar-refractivity contribution is 9.09. The molecular formula is C16H10BrCl2N. The average Bonchev–Trinajstić information content (AvgIpc) is 2.59. The predicted octanol–water partition coefficient (Wildman–Crippen LogP) is 5.79. The molecule has 0 N–H and O–H groups in total. The molecule has 0 saturated carbocycles. The summed E-state index contributed by atoms with van der Waals surface area (Å²) in [5.41, 5.74) is 3.87. The van der Waals surface area contributed by atoms with Crippen LogP contribution in [0.2, 0.25) is 10.0 Å². The number of hydrogen-bond acceptors (Lipinski definition) is 1. The molecule has 100 valence electrons. The van der Waals surface area contributed by atoms with Crippen molar-refractivity contribution in [3.8, 4) is 0 Å². The summed E-state index contributed by atoms with van der Waals surface area (Å²) in [4.78, 5) is 4.66. The first-order valence-corrected chi connectivity index (χ1v) is 7.77. The summed E-state index contributed by atoms with van der Waals surface area (Å²) in [6, 6.07) is 13.5. The topological polar surface area (TPSA) is 12.4 Å². The van der Waals surface area contributed by atoms with E-state index in [0.717, 1.165) is 22.4 Å². The number of fused-ring (bicyclic) bond motifs is 1. The second-order valence-corrected chi connectivity index (χ2v) is 6.26. The lowest BCUT2D eigenvalue weighted by molar-refractivity contribution is 1.25. The lowest BCUT2D eigenvalue weighted by atomic mass is 9.96. The molecule has 0 aromatic heterocycles. The van der Waals surface area contributed by atoms with E-state index in [9.17, 15) is 0 Å². The van der Waals surface area contributed by atoms with Crippen molar-refractivity contribution in [2.75, 3.05) is 0 Å². The highest BCUT2D eigenvalue weighted by Crippen LogP contribution is 2.34. The molecule has 1 atom stereocenters. The van der Waals surface area contributed by atoms with E-state index >= 15 is 0 Å². The van der Waals surface area contributed by atoms with Crippen molar-refractivity contribution < 1.29 is 0 Å². The first kappa shape index (κ1) is 13.9. The summed E-state index contributed by atoms with van der Waals surface area (Å²) in [7, 11) is 0. The number of nitrogens with zero attached hydrogens (tertiary/aromatic N) is 1. The minimum atomic E-state index is 0.110. The monoisotopic (exact) mass is 365 g/mol. The summed E-state index contributed by atoms with van der Waals surface area (Å²) in [5, 5.41) is 1.36. The quantitative estimate of drug-likeness (QED) is 0.566. The number of allylic oxidation sites excluding steroid dienone is 1. The Bertz CT molecular complexity index is 722. The molecule has 3 rings (SSSR count). The second kappa shape index (κ2) is 5.72. The number of rotatable bonds is 1. The summed E-state index contributed by atoms with van der Waals surface area (Å²) < 4.78 is 0. The molecule has 0 spiro atoms. The van der Waals surface area contributed by atoms with E-state index in [2.05, 4.69) is 20.9 Å². The first-order valence-electron chi connectivity index (χ1n) is 6.10. The summed E-state index contributed by atoms with van der Waals surface area (Å²) >= 11 is 16.1. The van der Waals surface area contributed by atoms with Gasteiger partial charge < -0.3 is 0 Å². The Hall–Kier alpha value is -1.09. The van der Waals surface area contributed by atoms with E-state index in [-0.39, 0.29) is 4.83 Å². The Morgan fingerprint density at radius 3 is 2.60 bits per heavy atom. The molecule has 0 saturated heterocycles. The molecular weight excluding hydrogens is 357 g/mol. The molecule has 1 nitrogen and oxygen atoms in total. The minimum Gasteiger partial charge on any atom is -0.256 e. The zero-order valence-corrected chi connectivity index (χ0v) is 13.5. The third kappa shape index (κ3) is 2.56. The molecule has 0 radical (unpaired) electrons. The van der Waals surface area contributed by atoms with Crippen molar-refractivity contribution in [1.29, 1.82) is 0 Å². The molecule has 0 bridgehead atoms. The van der Waals surface area contributed by atoms with Crippen molar-refractivity contribution in [3.05, 3.63) is 81.5 Å². The highest BCUT2D eigenvalue weighted by Gasteiger charge is 2.19. The fourth-order valence-electron chi connectivity index (χ4n) is 2.21. The van der Waals surface area contributed by atoms with Gasteiger partial charge in [0.2, 0.25) is 0 Å². The Morgan fingerprint density at radius 2 is 1.80 bits per heavy atom. The molecule has 4 heteroatoms. The van der Waals surface area contributed by atoms with Gasteiger partial charge in [0.15, 0.2) is 0 Å². The van der Waals surface area contributed by atoms with Crippen LogP contribution < -0.4 is 0 Å². The van der Waals surface area contributed by atoms with Crippen LogP contribution >= 0.6 is 39.1 Å². The van der Waals surface area contributed by atoms with Gasteiger partial charge in [-0.25, -0.2) is 0 Å². The van der Waals surface area contributed by atoms with E-state index in [1.165, 1.54) is 0 Å². The molecule has 1 unspecified atom stereocenters. The fourth-order valence-corrected chi connectivity index (χ4v) is 3.14. The Balaban J connectivity index is 2.25. The predicted molar refractivity (Wildman–Crippen MR) is 89.4 cm³/mol. The SMILES string of the molecule is Clc1ccc2c(c1)C(c1ccccc1Cl)=NC=CC2Br. The van der Waals surface area contributed by atoms with E-state index < -0.39 is 0 Å². The average molecular weight is 367 g/mol. The van der Waals surface area contributed by atoms with E-state index in [1.807, 2.05) is 48.5 Å². The van der Waals surface area contributed by atoms with Crippen LogP contribution in [0.3, 0.4) is 0 Å². The van der Waals surface area contributed by atoms with Crippen LogP contribution in [0.4, 0.5) is 0 Å². The van der Waals surface area contributed by atoms with Crippen LogP contribution in [-0.4, -0.2) is 5.71 Å². The van der Waals surface area contributed by atoms with Gasteiger partial charge in [0.05, 0.1) is 10.5 Å². The largest absolute Gasteiger partial charge is 0.256 e. The second-order valence-electron chi connectivity index (χ2n) is 4.43. The third-order valence-electron chi connectivity index (χ3n) is 3.16. The molecule has 0 amide bonds. The summed E-state index contributed by atoms with van der Waals surface area (Å²) in [6.45, 7) is 0. The van der Waals surface area contributed by atoms with Crippen LogP contribution in [0.5, 0.6) is 0 Å². The zero-order chi connectivity index (χ0) is 14.1. The van der Waals surface area contributed by atoms with Crippen molar-refractivity contribution in [2.24, 2.45) is 4.99 Å². The first-order chi connectivity index (χ1) is 9.66. The van der Waals surface area contributed by atoms with Crippen molar-refractivity contribution in [3.63, 3.8) is 0 Å². The molecule has 0 fully saturated rings. The van der Waals surface area contributed by atoms with Gasteiger partial charge >= 0.3 is 0 Å². The summed E-state index contributed by atoms with van der Waals surface area (Å²) in [5.74, 6) is 0. The van der Waals surface area contributed by atoms with Gasteiger partial charge in [-0.3, -0.25) is 4.99 Å². The van der Waals surface area contributed by atoms with Gasteiger partial charge in [-0.15, -0.1) is 0 Å². The molecule has 0 aliphatic carbocycles. The zero-order valence-electron chi connectivity index (χ0n) is 10.4. The van der Waals surface area contributed by atoms with Crippen molar-refractivity contribution >= 4 is 44.8 Å². The molecule has 2 aromatic rings. The Morgan fingerprint density at radius 1 is 1.00 bits per heavy atom. The van der Waals surface area contributed by atoms with E-state index in [0.29, 0.717) is 10.0 Å². The van der Waals surface area contributed by atoms with Crippen LogP contribution in [0, 0.1) is 0 Å². The van der Waals surface area contributed by atoms with Crippen molar-refractivity contribution in [1.82, 2.24) is 0 Å². The van der Waals surface area contributed by atoms with Gasteiger partial charge in [-0.05, 0) is 29.8 Å². The molecule has 2 aromatic carbocycles. The minimum absolute atomic E-state index is 0.110. The molecule has 1 aliphatic rings. The maximum Gasteiger partial charge on any atom is 0.0792 e.